The first-order valence-electron chi connectivity index (χ1n) is 7.65. The number of nitrogens with one attached hydrogen (secondary N) is 2. The van der Waals surface area contributed by atoms with Gasteiger partial charge in [0.2, 0.25) is 17.6 Å². The lowest BCUT2D eigenvalue weighted by Gasteiger charge is -2.16. The van der Waals surface area contributed by atoms with Crippen molar-refractivity contribution in [1.82, 2.24) is 4.90 Å². The van der Waals surface area contributed by atoms with Gasteiger partial charge < -0.3 is 10.6 Å². The minimum atomic E-state index is -2.34. The average molecular weight is 405 g/mol. The van der Waals surface area contributed by atoms with Crippen molar-refractivity contribution in [2.75, 3.05) is 30.8 Å². The second-order valence-corrected chi connectivity index (χ2v) is 5.72. The van der Waals surface area contributed by atoms with Crippen molar-refractivity contribution in [2.45, 2.75) is 0 Å². The zero-order valence-corrected chi connectivity index (χ0v) is 14.3. The third-order valence-electron chi connectivity index (χ3n) is 3.43. The number of nitrogens with zero attached hydrogens (tertiary/aromatic N) is 1. The number of halogens is 6. The highest BCUT2D eigenvalue weighted by molar-refractivity contribution is 5.94. The Morgan fingerprint density at radius 2 is 1.18 bits per heavy atom. The van der Waals surface area contributed by atoms with Crippen molar-refractivity contribution >= 4 is 23.2 Å². The van der Waals surface area contributed by atoms with E-state index in [-0.39, 0.29) is 6.54 Å². The largest absolute Gasteiger partial charge is 0.325 e. The maximum Gasteiger partial charge on any atom is 0.238 e. The lowest BCUT2D eigenvalue weighted by Crippen LogP contribution is -2.36. The van der Waals surface area contributed by atoms with Crippen LogP contribution in [0.15, 0.2) is 24.3 Å². The molecule has 0 aliphatic heterocycles. The Balaban J connectivity index is 1.96. The fourth-order valence-electron chi connectivity index (χ4n) is 2.17. The lowest BCUT2D eigenvalue weighted by molar-refractivity contribution is -0.119. The van der Waals surface area contributed by atoms with Gasteiger partial charge in [-0.1, -0.05) is 0 Å². The zero-order valence-electron chi connectivity index (χ0n) is 14.3. The molecule has 150 valence electrons. The van der Waals surface area contributed by atoms with Gasteiger partial charge in [-0.05, 0) is 31.3 Å². The first kappa shape index (κ1) is 21.2. The summed E-state index contributed by atoms with van der Waals surface area (Å²) in [4.78, 5) is 24.8. The van der Waals surface area contributed by atoms with Crippen molar-refractivity contribution in [2.24, 2.45) is 0 Å². The molecule has 0 bridgehead atoms. The molecule has 0 fully saturated rings. The number of likely N-dealkylation sites (N-methyl/N-ethyl adjacent to an activating group) is 1. The molecular formula is C17H13F6N3O2. The van der Waals surface area contributed by atoms with E-state index in [1.165, 1.54) is 19.2 Å². The van der Waals surface area contributed by atoms with E-state index >= 15 is 0 Å². The molecule has 0 atom stereocenters. The number of benzene rings is 2. The van der Waals surface area contributed by atoms with Crippen molar-refractivity contribution in [1.29, 1.82) is 0 Å². The number of rotatable bonds is 6. The number of anilines is 2. The Morgan fingerprint density at radius 3 is 1.68 bits per heavy atom. The Kier molecular flexibility index (Phi) is 6.62. The summed E-state index contributed by atoms with van der Waals surface area (Å²) in [7, 11) is 1.31. The molecule has 2 rings (SSSR count). The van der Waals surface area contributed by atoms with Crippen molar-refractivity contribution in [3.05, 3.63) is 59.2 Å². The summed E-state index contributed by atoms with van der Waals surface area (Å²) in [5.74, 6) is -13.3. The Bertz CT molecular complexity index is 876. The van der Waals surface area contributed by atoms with Crippen LogP contribution in [-0.4, -0.2) is 36.9 Å². The molecule has 28 heavy (non-hydrogen) atoms. The van der Waals surface area contributed by atoms with Crippen LogP contribution in [0.1, 0.15) is 0 Å². The predicted molar refractivity (Wildman–Crippen MR) is 87.4 cm³/mol. The summed E-state index contributed by atoms with van der Waals surface area (Å²) in [5.41, 5.74) is -1.18. The lowest BCUT2D eigenvalue weighted by atomic mass is 10.2. The topological polar surface area (TPSA) is 61.4 Å². The van der Waals surface area contributed by atoms with Crippen LogP contribution in [0, 0.1) is 34.9 Å². The normalized spacial score (nSPS) is 10.9. The molecule has 0 heterocycles. The molecule has 2 aromatic rings. The van der Waals surface area contributed by atoms with Gasteiger partial charge >= 0.3 is 0 Å². The summed E-state index contributed by atoms with van der Waals surface area (Å²) in [6.45, 7) is -0.932. The molecular weight excluding hydrogens is 392 g/mol. The van der Waals surface area contributed by atoms with E-state index in [1.54, 1.807) is 5.32 Å². The monoisotopic (exact) mass is 405 g/mol. The number of carbonyl (C=O) groups is 2. The first-order valence-corrected chi connectivity index (χ1v) is 7.65. The van der Waals surface area contributed by atoms with E-state index in [0.29, 0.717) is 5.69 Å². The van der Waals surface area contributed by atoms with Gasteiger partial charge in [0.1, 0.15) is 11.5 Å². The summed E-state index contributed by atoms with van der Waals surface area (Å²) in [5, 5.41) is 4.02. The molecule has 2 aromatic carbocycles. The van der Waals surface area contributed by atoms with Gasteiger partial charge in [-0.3, -0.25) is 14.5 Å². The SMILES string of the molecule is CN(CC(=O)Nc1ccc(F)cc1)CC(=O)Nc1c(F)c(F)c(F)c(F)c1F. The second-order valence-electron chi connectivity index (χ2n) is 5.72. The Hall–Kier alpha value is -3.08. The molecule has 2 amide bonds. The summed E-state index contributed by atoms with van der Waals surface area (Å²) < 4.78 is 79.1. The minimum Gasteiger partial charge on any atom is -0.325 e. The van der Waals surface area contributed by atoms with Gasteiger partial charge in [-0.15, -0.1) is 0 Å². The fraction of sp³-hybridized carbons (Fsp3) is 0.176. The second kappa shape index (κ2) is 8.74. The summed E-state index contributed by atoms with van der Waals surface area (Å²) in [6, 6.07) is 4.86. The van der Waals surface area contributed by atoms with Crippen LogP contribution in [0.3, 0.4) is 0 Å². The van der Waals surface area contributed by atoms with Gasteiger partial charge in [0.15, 0.2) is 23.3 Å². The molecule has 5 nitrogen and oxygen atoms in total. The van der Waals surface area contributed by atoms with Crippen molar-refractivity contribution < 1.29 is 35.9 Å². The quantitative estimate of drug-likeness (QED) is 0.441. The molecule has 0 saturated carbocycles. The van der Waals surface area contributed by atoms with Gasteiger partial charge in [-0.25, -0.2) is 26.3 Å². The van der Waals surface area contributed by atoms with Gasteiger partial charge in [0, 0.05) is 5.69 Å². The maximum atomic E-state index is 13.5. The van der Waals surface area contributed by atoms with Crippen LogP contribution in [0.25, 0.3) is 0 Å². The smallest absolute Gasteiger partial charge is 0.238 e. The third-order valence-corrected chi connectivity index (χ3v) is 3.43. The van der Waals surface area contributed by atoms with E-state index in [9.17, 15) is 35.9 Å². The van der Waals surface area contributed by atoms with E-state index in [1.807, 2.05) is 0 Å². The highest BCUT2D eigenvalue weighted by Crippen LogP contribution is 2.27. The van der Waals surface area contributed by atoms with Crippen molar-refractivity contribution in [3.63, 3.8) is 0 Å². The van der Waals surface area contributed by atoms with E-state index in [0.717, 1.165) is 17.0 Å². The first-order chi connectivity index (χ1) is 13.1. The van der Waals surface area contributed by atoms with Crippen LogP contribution in [0.4, 0.5) is 37.7 Å². The molecule has 0 unspecified atom stereocenters. The van der Waals surface area contributed by atoms with E-state index in [4.69, 9.17) is 0 Å². The Labute approximate surface area is 154 Å². The summed E-state index contributed by atoms with van der Waals surface area (Å²) >= 11 is 0. The molecule has 2 N–H and O–H groups in total. The van der Waals surface area contributed by atoms with Crippen LogP contribution in [-0.2, 0) is 9.59 Å². The Morgan fingerprint density at radius 1 is 0.750 bits per heavy atom. The van der Waals surface area contributed by atoms with Gasteiger partial charge in [0.05, 0.1) is 13.1 Å². The average Bonchev–Trinajstić information content (AvgIpc) is 2.63. The van der Waals surface area contributed by atoms with Crippen LogP contribution >= 0.6 is 0 Å². The predicted octanol–water partition coefficient (Wildman–Crippen LogP) is 3.03. The summed E-state index contributed by atoms with van der Waals surface area (Å²) in [6.07, 6.45) is 0. The van der Waals surface area contributed by atoms with Crippen LogP contribution in [0.5, 0.6) is 0 Å². The van der Waals surface area contributed by atoms with Crippen molar-refractivity contribution in [3.8, 4) is 0 Å². The maximum absolute atomic E-state index is 13.5. The van der Waals surface area contributed by atoms with E-state index < -0.39 is 58.9 Å². The standard InChI is InChI=1S/C17H13F6N3O2/c1-26(6-10(27)24-9-4-2-8(18)3-5-9)7-11(28)25-17-15(22)13(20)12(19)14(21)16(17)23/h2-5H,6-7H2,1H3,(H,24,27)(H,25,28). The van der Waals surface area contributed by atoms with E-state index in [2.05, 4.69) is 5.32 Å². The number of hydrogen-bond donors (Lipinski definition) is 2. The molecule has 0 aliphatic carbocycles. The molecule has 11 heteroatoms. The highest BCUT2D eigenvalue weighted by atomic mass is 19.2. The number of amides is 2. The molecule has 0 spiro atoms. The van der Waals surface area contributed by atoms with Gasteiger partial charge in [-0.2, -0.15) is 0 Å². The zero-order chi connectivity index (χ0) is 21.0. The minimum absolute atomic E-state index is 0.297. The number of carbonyl (C=O) groups excluding carboxylic acids is 2. The molecule has 0 radical (unpaired) electrons. The number of hydrogen-bond acceptors (Lipinski definition) is 3. The van der Waals surface area contributed by atoms with Gasteiger partial charge in [0.25, 0.3) is 0 Å². The van der Waals surface area contributed by atoms with Crippen LogP contribution < -0.4 is 10.6 Å². The third kappa shape index (κ3) is 5.00. The molecule has 0 aliphatic rings. The highest BCUT2D eigenvalue weighted by Gasteiger charge is 2.27. The molecule has 0 aromatic heterocycles. The molecule has 0 saturated heterocycles. The fourth-order valence-corrected chi connectivity index (χ4v) is 2.17. The van der Waals surface area contributed by atoms with Crippen LogP contribution in [0.2, 0.25) is 0 Å².